The molecule has 0 spiro atoms. The van der Waals surface area contributed by atoms with E-state index in [4.69, 9.17) is 0 Å². The van der Waals surface area contributed by atoms with Crippen molar-refractivity contribution in [1.29, 1.82) is 0 Å². The lowest BCUT2D eigenvalue weighted by atomic mass is 9.98. The summed E-state index contributed by atoms with van der Waals surface area (Å²) in [6.07, 6.45) is 5.44. The van der Waals surface area contributed by atoms with Gasteiger partial charge in [0.25, 0.3) is 0 Å². The fourth-order valence-electron chi connectivity index (χ4n) is 3.25. The summed E-state index contributed by atoms with van der Waals surface area (Å²) in [6.45, 7) is 6.82. The summed E-state index contributed by atoms with van der Waals surface area (Å²) in [5.41, 5.74) is 0. The summed E-state index contributed by atoms with van der Waals surface area (Å²) >= 11 is 0. The van der Waals surface area contributed by atoms with E-state index in [1.165, 1.54) is 0 Å². The zero-order valence-electron chi connectivity index (χ0n) is 13.8. The van der Waals surface area contributed by atoms with Crippen LogP contribution in [0.1, 0.15) is 52.4 Å². The molecule has 0 aromatic carbocycles. The molecule has 0 aliphatic carbocycles. The third-order valence-corrected chi connectivity index (χ3v) is 4.38. The highest BCUT2D eigenvalue weighted by Gasteiger charge is 2.32. The van der Waals surface area contributed by atoms with Gasteiger partial charge in [-0.3, -0.25) is 9.59 Å². The van der Waals surface area contributed by atoms with Crippen LogP contribution < -0.4 is 10.6 Å². The molecule has 2 amide bonds. The smallest absolute Gasteiger partial charge is 0.243 e. The van der Waals surface area contributed by atoms with Crippen LogP contribution in [-0.2, 0) is 9.59 Å². The predicted molar refractivity (Wildman–Crippen MR) is 90.1 cm³/mol. The standard InChI is InChI=1S/C16H29N3O2.ClH/c1-12(2)10-14(19-9-4-3-7-15(19)20)16(21)18-13-6-5-8-17-11-13;/h12-14,17H,3-11H2,1-2H3,(H,18,21);1H. The molecule has 2 saturated heterocycles. The Labute approximate surface area is 140 Å². The van der Waals surface area contributed by atoms with Crippen LogP contribution in [0.4, 0.5) is 0 Å². The number of rotatable bonds is 5. The molecule has 128 valence electrons. The number of hydrogen-bond donors (Lipinski definition) is 2. The summed E-state index contributed by atoms with van der Waals surface area (Å²) in [5.74, 6) is 0.580. The Kier molecular flexibility index (Phi) is 8.18. The van der Waals surface area contributed by atoms with Gasteiger partial charge in [-0.1, -0.05) is 13.8 Å². The largest absolute Gasteiger partial charge is 0.350 e. The summed E-state index contributed by atoms with van der Waals surface area (Å²) in [7, 11) is 0. The monoisotopic (exact) mass is 331 g/mol. The maximum absolute atomic E-state index is 12.7. The third kappa shape index (κ3) is 5.43. The molecule has 2 rings (SSSR count). The Balaban J connectivity index is 0.00000242. The van der Waals surface area contributed by atoms with E-state index >= 15 is 0 Å². The van der Waals surface area contributed by atoms with Crippen LogP contribution in [0.5, 0.6) is 0 Å². The average molecular weight is 332 g/mol. The quantitative estimate of drug-likeness (QED) is 0.806. The number of piperidine rings is 2. The second-order valence-corrected chi connectivity index (χ2v) is 6.74. The predicted octanol–water partition coefficient (Wildman–Crippen LogP) is 1.70. The lowest BCUT2D eigenvalue weighted by Gasteiger charge is -2.36. The topological polar surface area (TPSA) is 61.4 Å². The summed E-state index contributed by atoms with van der Waals surface area (Å²) in [4.78, 5) is 26.6. The molecule has 2 unspecified atom stereocenters. The molecular weight excluding hydrogens is 302 g/mol. The van der Waals surface area contributed by atoms with E-state index in [2.05, 4.69) is 24.5 Å². The molecule has 0 bridgehead atoms. The van der Waals surface area contributed by atoms with Gasteiger partial charge in [0.1, 0.15) is 6.04 Å². The number of halogens is 1. The maximum atomic E-state index is 12.7. The van der Waals surface area contributed by atoms with Crippen molar-refractivity contribution in [3.63, 3.8) is 0 Å². The highest BCUT2D eigenvalue weighted by atomic mass is 35.5. The molecule has 0 radical (unpaired) electrons. The van der Waals surface area contributed by atoms with E-state index in [0.29, 0.717) is 12.3 Å². The van der Waals surface area contributed by atoms with Gasteiger partial charge in [-0.25, -0.2) is 0 Å². The molecule has 2 N–H and O–H groups in total. The highest BCUT2D eigenvalue weighted by molar-refractivity contribution is 5.88. The van der Waals surface area contributed by atoms with Crippen LogP contribution in [0.2, 0.25) is 0 Å². The second kappa shape index (κ2) is 9.36. The Morgan fingerprint density at radius 1 is 1.36 bits per heavy atom. The van der Waals surface area contributed by atoms with Crippen molar-refractivity contribution in [1.82, 2.24) is 15.5 Å². The SMILES string of the molecule is CC(C)CC(C(=O)NC1CCCNC1)N1CCCCC1=O.Cl. The number of carbonyl (C=O) groups excluding carboxylic acids is 2. The van der Waals surface area contributed by atoms with Gasteiger partial charge in [-0.15, -0.1) is 12.4 Å². The molecule has 2 aliphatic heterocycles. The lowest BCUT2D eigenvalue weighted by molar-refractivity contribution is -0.143. The van der Waals surface area contributed by atoms with Gasteiger partial charge in [-0.05, 0) is 44.6 Å². The lowest BCUT2D eigenvalue weighted by Crippen LogP contribution is -2.55. The minimum absolute atomic E-state index is 0. The van der Waals surface area contributed by atoms with Gasteiger partial charge in [-0.2, -0.15) is 0 Å². The molecule has 6 heteroatoms. The average Bonchev–Trinajstić information content (AvgIpc) is 2.46. The van der Waals surface area contributed by atoms with Crippen LogP contribution in [0.3, 0.4) is 0 Å². The third-order valence-electron chi connectivity index (χ3n) is 4.38. The normalized spacial score (nSPS) is 23.9. The van der Waals surface area contributed by atoms with E-state index in [1.807, 2.05) is 4.90 Å². The van der Waals surface area contributed by atoms with Gasteiger partial charge in [0.15, 0.2) is 0 Å². The maximum Gasteiger partial charge on any atom is 0.243 e. The summed E-state index contributed by atoms with van der Waals surface area (Å²) in [6, 6.07) is -0.0828. The van der Waals surface area contributed by atoms with Gasteiger partial charge in [0.05, 0.1) is 0 Å². The van der Waals surface area contributed by atoms with Gasteiger partial charge >= 0.3 is 0 Å². The van der Waals surface area contributed by atoms with Gasteiger partial charge < -0.3 is 15.5 Å². The van der Waals surface area contributed by atoms with E-state index in [0.717, 1.165) is 51.7 Å². The van der Waals surface area contributed by atoms with Crippen molar-refractivity contribution < 1.29 is 9.59 Å². The molecule has 5 nitrogen and oxygen atoms in total. The zero-order chi connectivity index (χ0) is 15.2. The van der Waals surface area contributed by atoms with E-state index in [-0.39, 0.29) is 36.3 Å². The second-order valence-electron chi connectivity index (χ2n) is 6.74. The molecule has 2 fully saturated rings. The van der Waals surface area contributed by atoms with Crippen molar-refractivity contribution >= 4 is 24.2 Å². The van der Waals surface area contributed by atoms with E-state index < -0.39 is 0 Å². The number of nitrogens with zero attached hydrogens (tertiary/aromatic N) is 1. The minimum Gasteiger partial charge on any atom is -0.350 e. The van der Waals surface area contributed by atoms with Crippen LogP contribution in [0, 0.1) is 5.92 Å². The van der Waals surface area contributed by atoms with Crippen molar-refractivity contribution in [2.45, 2.75) is 64.5 Å². The van der Waals surface area contributed by atoms with Crippen LogP contribution in [0.15, 0.2) is 0 Å². The Morgan fingerprint density at radius 3 is 2.73 bits per heavy atom. The zero-order valence-corrected chi connectivity index (χ0v) is 14.6. The number of hydrogen-bond acceptors (Lipinski definition) is 3. The van der Waals surface area contributed by atoms with Gasteiger partial charge in [0, 0.05) is 25.6 Å². The summed E-state index contributed by atoms with van der Waals surface area (Å²) in [5, 5.41) is 6.46. The van der Waals surface area contributed by atoms with Crippen LogP contribution >= 0.6 is 12.4 Å². The number of nitrogens with one attached hydrogen (secondary N) is 2. The van der Waals surface area contributed by atoms with E-state index in [9.17, 15) is 9.59 Å². The molecule has 0 saturated carbocycles. The number of carbonyl (C=O) groups is 2. The van der Waals surface area contributed by atoms with Crippen molar-refractivity contribution in [3.8, 4) is 0 Å². The Hall–Kier alpha value is -0.810. The van der Waals surface area contributed by atoms with Crippen molar-refractivity contribution in [2.75, 3.05) is 19.6 Å². The number of likely N-dealkylation sites (tertiary alicyclic amines) is 1. The van der Waals surface area contributed by atoms with Crippen LogP contribution in [-0.4, -0.2) is 48.4 Å². The first kappa shape index (κ1) is 19.2. The van der Waals surface area contributed by atoms with Crippen molar-refractivity contribution in [2.24, 2.45) is 5.92 Å². The fourth-order valence-corrected chi connectivity index (χ4v) is 3.25. The van der Waals surface area contributed by atoms with E-state index in [1.54, 1.807) is 0 Å². The first-order valence-electron chi connectivity index (χ1n) is 8.38. The summed E-state index contributed by atoms with van der Waals surface area (Å²) < 4.78 is 0. The first-order valence-corrected chi connectivity index (χ1v) is 8.38. The molecule has 2 heterocycles. The molecule has 2 atom stereocenters. The van der Waals surface area contributed by atoms with Crippen LogP contribution in [0.25, 0.3) is 0 Å². The van der Waals surface area contributed by atoms with Crippen molar-refractivity contribution in [3.05, 3.63) is 0 Å². The Morgan fingerprint density at radius 2 is 2.14 bits per heavy atom. The van der Waals surface area contributed by atoms with Gasteiger partial charge in [0.2, 0.25) is 11.8 Å². The Bertz CT molecular complexity index is 370. The molecule has 0 aromatic heterocycles. The first-order chi connectivity index (χ1) is 10.1. The minimum atomic E-state index is -0.292. The fraction of sp³-hybridized carbons (Fsp3) is 0.875. The molecule has 0 aromatic rings. The highest BCUT2D eigenvalue weighted by Crippen LogP contribution is 2.19. The molecule has 2 aliphatic rings. The molecular formula is C16H30ClN3O2. The molecule has 22 heavy (non-hydrogen) atoms. The number of amides is 2.